The molecule has 3 heterocycles. The number of guanidine groups is 1. The lowest BCUT2D eigenvalue weighted by Crippen LogP contribution is -2.45. The number of aromatic amines is 1. The Hall–Kier alpha value is -2.85. The Bertz CT molecular complexity index is 1940. The lowest BCUT2D eigenvalue weighted by molar-refractivity contribution is 0.103. The molecule has 1 aliphatic heterocycles. The van der Waals surface area contributed by atoms with Crippen molar-refractivity contribution in [2.45, 2.75) is 147 Å². The van der Waals surface area contributed by atoms with Gasteiger partial charge in [-0.05, 0) is 136 Å². The van der Waals surface area contributed by atoms with Gasteiger partial charge in [0.05, 0.1) is 12.7 Å². The van der Waals surface area contributed by atoms with Gasteiger partial charge in [0.25, 0.3) is 0 Å². The van der Waals surface area contributed by atoms with Crippen LogP contribution in [0.3, 0.4) is 0 Å². The van der Waals surface area contributed by atoms with Crippen LogP contribution in [0.4, 0.5) is 0 Å². The number of hydrogen-bond acceptors (Lipinski definition) is 11. The Balaban J connectivity index is 0.894. The summed E-state index contributed by atoms with van der Waals surface area (Å²) in [6.07, 6.45) is 14.7. The number of aryl methyl sites for hydroxylation is 4. The number of fused-ring (bicyclic) bond motifs is 4. The van der Waals surface area contributed by atoms with Gasteiger partial charge in [-0.2, -0.15) is 0 Å². The van der Waals surface area contributed by atoms with Crippen LogP contribution in [0, 0.1) is 35.5 Å². The number of benzene rings is 1. The van der Waals surface area contributed by atoms with Crippen molar-refractivity contribution in [3.63, 3.8) is 0 Å². The number of unbranched alkanes of at least 4 members (excludes halogenated alkanes) is 1. The predicted octanol–water partition coefficient (Wildman–Crippen LogP) is 7.52. The van der Waals surface area contributed by atoms with E-state index in [2.05, 4.69) is 33.6 Å². The molecule has 3 fully saturated rings. The van der Waals surface area contributed by atoms with Gasteiger partial charge in [-0.1, -0.05) is 60.3 Å². The number of furan rings is 1. The molecule has 64 heavy (non-hydrogen) atoms. The summed E-state index contributed by atoms with van der Waals surface area (Å²) in [5, 5.41) is 49.2. The lowest BCUT2D eigenvalue weighted by Gasteiger charge is -2.40. The van der Waals surface area contributed by atoms with Crippen molar-refractivity contribution in [3.8, 4) is 11.5 Å². The first-order valence-electron chi connectivity index (χ1n) is 24.4. The first kappa shape index (κ1) is 49.1. The normalized spacial score (nSPS) is 28.7. The van der Waals surface area contributed by atoms with E-state index in [9.17, 15) is 20.4 Å². The summed E-state index contributed by atoms with van der Waals surface area (Å²) >= 11 is 0. The van der Waals surface area contributed by atoms with Crippen molar-refractivity contribution >= 4 is 27.5 Å². The molecular weight excluding hydrogens is 845 g/mol. The Labute approximate surface area is 389 Å². The summed E-state index contributed by atoms with van der Waals surface area (Å²) in [5.74, 6) is 8.77. The van der Waals surface area contributed by atoms with Crippen molar-refractivity contribution in [3.05, 3.63) is 69.9 Å². The van der Waals surface area contributed by atoms with E-state index >= 15 is 0 Å². The topological polar surface area (TPSA) is 208 Å². The number of H-pyrrole nitrogens is 1. The molecule has 0 radical (unpaired) electrons. The predicted molar refractivity (Wildman–Crippen MR) is 261 cm³/mol. The van der Waals surface area contributed by atoms with Gasteiger partial charge in [-0.25, -0.2) is 0 Å². The van der Waals surface area contributed by atoms with Gasteiger partial charge >= 0.3 is 0 Å². The number of nitrogens with zero attached hydrogens (tertiary/aromatic N) is 1. The Morgan fingerprint density at radius 3 is 2.66 bits per heavy atom. The number of nitrogens with two attached hydrogens (primary N) is 2. The second kappa shape index (κ2) is 23.7. The Kier molecular flexibility index (Phi) is 18.2. The smallest absolute Gasteiger partial charge is 0.188 e. The molecule has 7 rings (SSSR count). The molecule has 356 valence electrons. The number of hydrogen-bond donors (Lipinski definition) is 9. The highest BCUT2D eigenvalue weighted by Gasteiger charge is 2.39. The molecule has 0 spiro atoms. The molecule has 3 aliphatic carbocycles. The number of aromatic nitrogens is 1. The van der Waals surface area contributed by atoms with E-state index in [-0.39, 0.29) is 25.0 Å². The summed E-state index contributed by atoms with van der Waals surface area (Å²) < 4.78 is 12.4. The molecule has 14 heteroatoms. The van der Waals surface area contributed by atoms with Crippen molar-refractivity contribution in [1.29, 1.82) is 0 Å². The van der Waals surface area contributed by atoms with Crippen LogP contribution in [0.5, 0.6) is 11.5 Å². The van der Waals surface area contributed by atoms with Gasteiger partial charge in [-0.15, -0.1) is 0 Å². The molecule has 3 aromatic rings. The van der Waals surface area contributed by atoms with E-state index < -0.39 is 12.2 Å². The number of aliphatic imine (C=N–C) groups is 1. The van der Waals surface area contributed by atoms with E-state index in [0.717, 1.165) is 90.8 Å². The third kappa shape index (κ3) is 13.0. The number of aliphatic hydroxyl groups excluding tert-OH is 3. The average molecular weight is 923 g/mol. The SMILES string of the molecule is CN=C(N)NC1CSSCC2CC(CCC1C)C(CCCCc1oc(CCc3ccc(O)c(OCC(O)c4cc5c([nH]4)CCC4CCCC4C5CNCC(C)O)c3)cc1CO)CC2N. The zero-order valence-corrected chi connectivity index (χ0v) is 40.2. The summed E-state index contributed by atoms with van der Waals surface area (Å²) in [4.78, 5) is 7.71. The highest BCUT2D eigenvalue weighted by Crippen LogP contribution is 2.48. The minimum Gasteiger partial charge on any atom is -0.504 e. The van der Waals surface area contributed by atoms with Crippen molar-refractivity contribution in [1.82, 2.24) is 15.6 Å². The molecule has 4 aliphatic rings. The highest BCUT2D eigenvalue weighted by molar-refractivity contribution is 8.76. The standard InChI is InChI=1S/C50H78N6O6S2/c1-30-11-14-35-20-37(28-63-64-29-45(30)56-50(52)53-3)42(51)22-34(35)7-4-5-10-48-36(26-57)21-38(62-48)16-12-32-13-18-46(59)49(19-32)61-27-47(60)44-23-40-41(25-54-24-31(2)58)39-9-6-8-33(39)15-17-43(40)55-44/h13,18-19,21,23,30-31,33-35,37,39,41-42,45,47,54-55,57-60H,4-12,14-17,20,22,24-29,51H2,1-3H3,(H3,52,53,56). The quantitative estimate of drug-likeness (QED) is 0.0263. The summed E-state index contributed by atoms with van der Waals surface area (Å²) in [7, 11) is 5.64. The Morgan fingerprint density at radius 2 is 1.84 bits per heavy atom. The van der Waals surface area contributed by atoms with Crippen LogP contribution in [0.15, 0.2) is 39.7 Å². The van der Waals surface area contributed by atoms with Gasteiger partial charge in [0, 0.05) is 79.4 Å². The first-order chi connectivity index (χ1) is 31.0. The third-order valence-electron chi connectivity index (χ3n) is 15.3. The number of rotatable bonds is 18. The minimum atomic E-state index is -0.883. The Morgan fingerprint density at radius 1 is 1.00 bits per heavy atom. The average Bonchev–Trinajstić information content (AvgIpc) is 4.02. The van der Waals surface area contributed by atoms with Crippen LogP contribution in [0.25, 0.3) is 0 Å². The second-order valence-corrected chi connectivity index (χ2v) is 22.3. The summed E-state index contributed by atoms with van der Waals surface area (Å²) in [6.45, 7) is 5.49. The fraction of sp³-hybridized carbons (Fsp3) is 0.700. The monoisotopic (exact) mass is 923 g/mol. The molecule has 1 saturated heterocycles. The van der Waals surface area contributed by atoms with Gasteiger partial charge < -0.3 is 56.7 Å². The minimum absolute atomic E-state index is 0.00439. The zero-order valence-electron chi connectivity index (χ0n) is 38.6. The van der Waals surface area contributed by atoms with Gasteiger partial charge in [-0.3, -0.25) is 4.99 Å². The van der Waals surface area contributed by atoms with Crippen LogP contribution in [0.1, 0.15) is 136 Å². The van der Waals surface area contributed by atoms with Gasteiger partial charge in [0.1, 0.15) is 24.2 Å². The maximum absolute atomic E-state index is 11.3. The maximum atomic E-state index is 11.3. The summed E-state index contributed by atoms with van der Waals surface area (Å²) in [5.41, 5.74) is 18.0. The van der Waals surface area contributed by atoms with E-state index in [1.807, 2.05) is 46.7 Å². The molecule has 11 unspecified atom stereocenters. The number of aromatic hydroxyl groups is 1. The first-order valence-corrected chi connectivity index (χ1v) is 26.9. The molecule has 1 aromatic carbocycles. The maximum Gasteiger partial charge on any atom is 0.188 e. The molecule has 12 nitrogen and oxygen atoms in total. The van der Waals surface area contributed by atoms with Crippen LogP contribution >= 0.6 is 21.6 Å². The van der Waals surface area contributed by atoms with Crippen LogP contribution in [-0.2, 0) is 32.3 Å². The number of phenols is 1. The third-order valence-corrected chi connectivity index (χ3v) is 17.8. The van der Waals surface area contributed by atoms with E-state index in [1.54, 1.807) is 13.1 Å². The van der Waals surface area contributed by atoms with E-state index in [1.165, 1.54) is 56.2 Å². The fourth-order valence-electron chi connectivity index (χ4n) is 11.4. The molecule has 11 atom stereocenters. The van der Waals surface area contributed by atoms with Crippen LogP contribution in [0.2, 0.25) is 0 Å². The van der Waals surface area contributed by atoms with Crippen molar-refractivity contribution in [2.75, 3.05) is 38.2 Å². The summed E-state index contributed by atoms with van der Waals surface area (Å²) in [6, 6.07) is 10.1. The largest absolute Gasteiger partial charge is 0.504 e. The van der Waals surface area contributed by atoms with Crippen molar-refractivity contribution < 1.29 is 29.6 Å². The fourth-order valence-corrected chi connectivity index (χ4v) is 14.3. The molecular formula is C50H78N6O6S2. The van der Waals surface area contributed by atoms with Gasteiger partial charge in [0.2, 0.25) is 0 Å². The molecule has 0 amide bonds. The second-order valence-electron chi connectivity index (χ2n) is 19.8. The number of aliphatic hydroxyl groups is 3. The van der Waals surface area contributed by atoms with Crippen LogP contribution < -0.4 is 26.8 Å². The molecule has 11 N–H and O–H groups in total. The molecule has 2 aromatic heterocycles. The number of ether oxygens (including phenoxy) is 1. The molecule has 2 saturated carbocycles. The number of nitrogens with one attached hydrogen (secondary N) is 3. The van der Waals surface area contributed by atoms with E-state index in [4.69, 9.17) is 20.6 Å². The van der Waals surface area contributed by atoms with Crippen LogP contribution in [-0.4, -0.2) is 87.8 Å². The zero-order chi connectivity index (χ0) is 45.2. The highest BCUT2D eigenvalue weighted by atomic mass is 33.1. The number of phenolic OH excluding ortho intramolecular Hbond substituents is 1. The van der Waals surface area contributed by atoms with Gasteiger partial charge in [0.15, 0.2) is 17.5 Å². The molecule has 2 bridgehead atoms. The van der Waals surface area contributed by atoms with Crippen molar-refractivity contribution in [2.24, 2.45) is 52.0 Å². The lowest BCUT2D eigenvalue weighted by atomic mass is 9.68. The van der Waals surface area contributed by atoms with E-state index in [0.29, 0.717) is 72.6 Å².